The van der Waals surface area contributed by atoms with Gasteiger partial charge < -0.3 is 30.5 Å². The van der Waals surface area contributed by atoms with E-state index in [-0.39, 0.29) is 50.9 Å². The fourth-order valence-electron chi connectivity index (χ4n) is 4.46. The highest BCUT2D eigenvalue weighted by Crippen LogP contribution is 2.27. The summed E-state index contributed by atoms with van der Waals surface area (Å²) in [4.78, 5) is 67.4. The Kier molecular flexibility index (Phi) is 12.5. The molecule has 0 radical (unpaired) electrons. The van der Waals surface area contributed by atoms with Crippen LogP contribution in [-0.2, 0) is 23.9 Å². The number of carbonyl (C=O) groups excluding carboxylic acids is 5. The molecule has 2 atom stereocenters. The summed E-state index contributed by atoms with van der Waals surface area (Å²) < 4.78 is 11.1. The zero-order chi connectivity index (χ0) is 30.2. The number of benzene rings is 1. The number of nitrogens with one attached hydrogen (secondary N) is 1. The minimum absolute atomic E-state index is 0. The Bertz CT molecular complexity index is 1310. The molecule has 0 unspecified atom stereocenters. The van der Waals surface area contributed by atoms with Gasteiger partial charge in [-0.1, -0.05) is 19.0 Å². The lowest BCUT2D eigenvalue weighted by Gasteiger charge is -2.27. The van der Waals surface area contributed by atoms with Gasteiger partial charge in [0, 0.05) is 30.9 Å². The van der Waals surface area contributed by atoms with E-state index in [0.29, 0.717) is 41.7 Å². The molecule has 5 amide bonds. The lowest BCUT2D eigenvalue weighted by molar-refractivity contribution is -0.129. The number of ether oxygens (including phenoxy) is 2. The number of anilines is 2. The van der Waals surface area contributed by atoms with E-state index in [4.69, 9.17) is 31.9 Å². The van der Waals surface area contributed by atoms with Crippen molar-refractivity contribution in [2.45, 2.75) is 38.8 Å². The van der Waals surface area contributed by atoms with Gasteiger partial charge in [0.15, 0.2) is 0 Å². The quantitative estimate of drug-likeness (QED) is 0.294. The Morgan fingerprint density at radius 3 is 2.44 bits per heavy atom. The molecule has 3 heterocycles. The molecular formula is C28H36ClN5O8S. The molecule has 15 heteroatoms. The molecule has 13 nitrogen and oxygen atoms in total. The highest BCUT2D eigenvalue weighted by Gasteiger charge is 2.36. The maximum absolute atomic E-state index is 13.3. The van der Waals surface area contributed by atoms with Gasteiger partial charge >= 0.3 is 6.09 Å². The average molecular weight is 638 g/mol. The number of morpholine rings is 1. The van der Waals surface area contributed by atoms with Crippen LogP contribution in [0.2, 0.25) is 4.34 Å². The predicted molar refractivity (Wildman–Crippen MR) is 161 cm³/mol. The first kappa shape index (κ1) is 33.9. The number of carbonyl (C=O) groups is 5. The van der Waals surface area contributed by atoms with E-state index >= 15 is 0 Å². The molecule has 0 saturated carbocycles. The number of hydrogen-bond donors (Lipinski definition) is 3. The van der Waals surface area contributed by atoms with Crippen molar-refractivity contribution < 1.29 is 38.6 Å². The first-order valence-electron chi connectivity index (χ1n) is 13.4. The third kappa shape index (κ3) is 8.74. The van der Waals surface area contributed by atoms with Crippen molar-refractivity contribution in [3.8, 4) is 0 Å². The van der Waals surface area contributed by atoms with Crippen LogP contribution < -0.4 is 20.9 Å². The van der Waals surface area contributed by atoms with Crippen molar-refractivity contribution in [2.24, 2.45) is 5.73 Å². The lowest BCUT2D eigenvalue weighted by Crippen LogP contribution is -2.43. The van der Waals surface area contributed by atoms with E-state index in [0.717, 1.165) is 16.2 Å². The standard InChI is InChI=1S/C27H32ClN5O8S.CH4/c28-22-9-8-21(42-22)26(38)33(23(35)3-1-2-10-30-25(37)20(29)15-34)14-19-13-32(27(39)41-19)18-6-4-17(5-7-18)31-11-12-40-16-24(31)36;/h4-9,19-20,34H,1-3,10-16,29H2,(H,30,37);1H4/t19-,20+;/m1./s1. The van der Waals surface area contributed by atoms with Crippen LogP contribution in [0.25, 0.3) is 0 Å². The van der Waals surface area contributed by atoms with Gasteiger partial charge in [0.05, 0.1) is 35.5 Å². The van der Waals surface area contributed by atoms with Gasteiger partial charge in [-0.3, -0.25) is 29.0 Å². The highest BCUT2D eigenvalue weighted by atomic mass is 35.5. The van der Waals surface area contributed by atoms with E-state index in [1.807, 2.05) is 0 Å². The summed E-state index contributed by atoms with van der Waals surface area (Å²) in [5.74, 6) is -1.65. The molecule has 4 N–H and O–H groups in total. The van der Waals surface area contributed by atoms with E-state index < -0.39 is 42.6 Å². The van der Waals surface area contributed by atoms with Gasteiger partial charge in [-0.25, -0.2) is 4.79 Å². The second kappa shape index (κ2) is 15.8. The maximum atomic E-state index is 13.3. The summed E-state index contributed by atoms with van der Waals surface area (Å²) in [6.45, 7) is 0.621. The molecule has 2 aliphatic rings. The maximum Gasteiger partial charge on any atom is 0.414 e. The van der Waals surface area contributed by atoms with E-state index in [9.17, 15) is 24.0 Å². The molecule has 1 aromatic heterocycles. The van der Waals surface area contributed by atoms with E-state index in [2.05, 4.69) is 5.32 Å². The number of cyclic esters (lactones) is 1. The van der Waals surface area contributed by atoms with E-state index in [1.165, 1.54) is 11.0 Å². The number of amides is 5. The minimum Gasteiger partial charge on any atom is -0.442 e. The average Bonchev–Trinajstić information content (AvgIpc) is 3.59. The second-order valence-electron chi connectivity index (χ2n) is 9.68. The molecule has 0 spiro atoms. The molecule has 0 bridgehead atoms. The minimum atomic E-state index is -1.02. The van der Waals surface area contributed by atoms with Crippen LogP contribution in [0.15, 0.2) is 36.4 Å². The number of thiophene rings is 1. The van der Waals surface area contributed by atoms with Crippen molar-refractivity contribution in [1.82, 2.24) is 10.2 Å². The molecule has 234 valence electrons. The Balaban J connectivity index is 0.00000506. The molecule has 4 rings (SSSR count). The Labute approximate surface area is 258 Å². The van der Waals surface area contributed by atoms with Crippen LogP contribution in [0.5, 0.6) is 0 Å². The topological polar surface area (TPSA) is 172 Å². The number of nitrogens with two attached hydrogens (primary N) is 1. The van der Waals surface area contributed by atoms with Gasteiger partial charge in [0.25, 0.3) is 11.8 Å². The first-order valence-corrected chi connectivity index (χ1v) is 14.6. The third-order valence-electron chi connectivity index (χ3n) is 6.70. The lowest BCUT2D eigenvalue weighted by atomic mass is 10.2. The van der Waals surface area contributed by atoms with Gasteiger partial charge in [-0.2, -0.15) is 0 Å². The zero-order valence-electron chi connectivity index (χ0n) is 22.7. The number of halogens is 1. The van der Waals surface area contributed by atoms with E-state index in [1.54, 1.807) is 35.2 Å². The van der Waals surface area contributed by atoms with Crippen LogP contribution in [-0.4, -0.2) is 97.9 Å². The highest BCUT2D eigenvalue weighted by molar-refractivity contribution is 7.18. The molecule has 2 saturated heterocycles. The summed E-state index contributed by atoms with van der Waals surface area (Å²) in [6.07, 6.45) is -0.567. The largest absolute Gasteiger partial charge is 0.442 e. The Hall–Kier alpha value is -3.56. The van der Waals surface area contributed by atoms with Crippen molar-refractivity contribution in [2.75, 3.05) is 55.8 Å². The van der Waals surface area contributed by atoms with Crippen molar-refractivity contribution >= 4 is 64.0 Å². The molecule has 1 aromatic carbocycles. The third-order valence-corrected chi connectivity index (χ3v) is 7.92. The monoisotopic (exact) mass is 637 g/mol. The van der Waals surface area contributed by atoms with Gasteiger partial charge in [-0.15, -0.1) is 11.3 Å². The summed E-state index contributed by atoms with van der Waals surface area (Å²) in [6, 6.07) is 8.96. The van der Waals surface area contributed by atoms with Crippen molar-refractivity contribution in [3.63, 3.8) is 0 Å². The molecular weight excluding hydrogens is 602 g/mol. The van der Waals surface area contributed by atoms with Crippen LogP contribution in [0.1, 0.15) is 36.4 Å². The fourth-order valence-corrected chi connectivity index (χ4v) is 5.45. The number of imide groups is 1. The van der Waals surface area contributed by atoms with Crippen molar-refractivity contribution in [3.05, 3.63) is 45.6 Å². The SMILES string of the molecule is C.N[C@@H](CO)C(=O)NCCCCC(=O)N(C[C@H]1CN(c2ccc(N3CCOCC3=O)cc2)C(=O)O1)C(=O)c1ccc(Cl)s1. The summed E-state index contributed by atoms with van der Waals surface area (Å²) in [5.41, 5.74) is 6.69. The molecule has 2 aliphatic heterocycles. The predicted octanol–water partition coefficient (Wildman–Crippen LogP) is 2.00. The zero-order valence-corrected chi connectivity index (χ0v) is 24.3. The van der Waals surface area contributed by atoms with Gasteiger partial charge in [-0.05, 0) is 49.2 Å². The molecule has 2 fully saturated rings. The van der Waals surface area contributed by atoms with Crippen LogP contribution in [0, 0.1) is 0 Å². The van der Waals surface area contributed by atoms with Crippen molar-refractivity contribution in [1.29, 1.82) is 0 Å². The van der Waals surface area contributed by atoms with Crippen LogP contribution in [0.4, 0.5) is 16.2 Å². The van der Waals surface area contributed by atoms with Crippen LogP contribution >= 0.6 is 22.9 Å². The number of rotatable bonds is 12. The Morgan fingerprint density at radius 1 is 1.12 bits per heavy atom. The van der Waals surface area contributed by atoms with Crippen LogP contribution in [0.3, 0.4) is 0 Å². The second-order valence-corrected chi connectivity index (χ2v) is 11.4. The summed E-state index contributed by atoms with van der Waals surface area (Å²) in [5, 5.41) is 11.5. The number of hydrogen-bond acceptors (Lipinski definition) is 10. The molecule has 43 heavy (non-hydrogen) atoms. The summed E-state index contributed by atoms with van der Waals surface area (Å²) in [7, 11) is 0. The first-order chi connectivity index (χ1) is 20.2. The fraction of sp³-hybridized carbons (Fsp3) is 0.464. The van der Waals surface area contributed by atoms with Gasteiger partial charge in [0.2, 0.25) is 11.8 Å². The Morgan fingerprint density at radius 2 is 1.81 bits per heavy atom. The number of aliphatic hydroxyl groups is 1. The summed E-state index contributed by atoms with van der Waals surface area (Å²) >= 11 is 7.05. The molecule has 0 aliphatic carbocycles. The van der Waals surface area contributed by atoms with Gasteiger partial charge in [0.1, 0.15) is 18.8 Å². The number of unbranched alkanes of at least 4 members (excludes halogenated alkanes) is 1. The smallest absolute Gasteiger partial charge is 0.414 e. The normalized spacial score (nSPS) is 17.2. The molecule has 2 aromatic rings. The number of aliphatic hydroxyl groups excluding tert-OH is 1. The number of nitrogens with zero attached hydrogens (tertiary/aromatic N) is 3.